The van der Waals surface area contributed by atoms with E-state index in [2.05, 4.69) is 46.1 Å². The minimum absolute atomic E-state index is 0.0356. The second-order valence-corrected chi connectivity index (χ2v) is 18.8. The summed E-state index contributed by atoms with van der Waals surface area (Å²) < 4.78 is 18.2. The Morgan fingerprint density at radius 1 is 0.973 bits per heavy atom. The molecule has 0 saturated carbocycles. The average molecular weight is 543 g/mol. The van der Waals surface area contributed by atoms with Gasteiger partial charge in [0.1, 0.15) is 17.2 Å². The molecule has 37 heavy (non-hydrogen) atoms. The summed E-state index contributed by atoms with van der Waals surface area (Å²) in [6.07, 6.45) is 1.38. The molecule has 0 spiro atoms. The number of nitrogens with one attached hydrogen (secondary N) is 1. The number of ether oxygens (including phenoxy) is 2. The second kappa shape index (κ2) is 12.5. The fourth-order valence-electron chi connectivity index (χ4n) is 4.21. The summed E-state index contributed by atoms with van der Waals surface area (Å²) in [5.74, 6) is -0.441. The summed E-state index contributed by atoms with van der Waals surface area (Å²) in [5.41, 5.74) is -1.39. The van der Waals surface area contributed by atoms with Crippen molar-refractivity contribution in [3.8, 4) is 0 Å². The van der Waals surface area contributed by atoms with Crippen molar-refractivity contribution in [1.82, 2.24) is 10.2 Å². The van der Waals surface area contributed by atoms with E-state index < -0.39 is 37.6 Å². The molecule has 1 aliphatic heterocycles. The highest BCUT2D eigenvalue weighted by molar-refractivity contribution is 6.74. The van der Waals surface area contributed by atoms with Gasteiger partial charge in [0.15, 0.2) is 8.32 Å². The molecule has 9 heteroatoms. The zero-order chi connectivity index (χ0) is 29.0. The van der Waals surface area contributed by atoms with Gasteiger partial charge in [0.25, 0.3) is 0 Å². The van der Waals surface area contributed by atoms with Crippen LogP contribution in [0.25, 0.3) is 0 Å². The van der Waals surface area contributed by atoms with Gasteiger partial charge in [0.05, 0.1) is 0 Å². The van der Waals surface area contributed by atoms with Gasteiger partial charge in [-0.2, -0.15) is 0 Å². The molecule has 0 aromatic heterocycles. The number of likely N-dealkylation sites (tertiary alicyclic amines) is 1. The Balaban J connectivity index is 3.44. The van der Waals surface area contributed by atoms with Gasteiger partial charge in [-0.05, 0) is 78.4 Å². The summed E-state index contributed by atoms with van der Waals surface area (Å²) in [5, 5.41) is 2.95. The Morgan fingerprint density at radius 2 is 1.51 bits per heavy atom. The molecule has 4 atom stereocenters. The van der Waals surface area contributed by atoms with Crippen LogP contribution in [-0.4, -0.2) is 67.6 Å². The van der Waals surface area contributed by atoms with Crippen molar-refractivity contribution in [3.63, 3.8) is 0 Å². The molecule has 0 bridgehead atoms. The molecular formula is C28H54N2O6Si. The van der Waals surface area contributed by atoms with Gasteiger partial charge in [-0.25, -0.2) is 9.59 Å². The number of esters is 1. The molecule has 0 aliphatic carbocycles. The molecule has 1 aliphatic rings. The van der Waals surface area contributed by atoms with Crippen LogP contribution in [-0.2, 0) is 23.5 Å². The number of carbonyl (C=O) groups is 3. The summed E-state index contributed by atoms with van der Waals surface area (Å²) in [7, 11) is -2.06. The Labute approximate surface area is 226 Å². The van der Waals surface area contributed by atoms with Gasteiger partial charge in [-0.1, -0.05) is 34.1 Å². The largest absolute Gasteiger partial charge is 0.458 e. The van der Waals surface area contributed by atoms with Crippen LogP contribution in [0.4, 0.5) is 4.79 Å². The number of hydrogen-bond acceptors (Lipinski definition) is 6. The molecule has 0 aromatic carbocycles. The predicted octanol–water partition coefficient (Wildman–Crippen LogP) is 5.90. The maximum Gasteiger partial charge on any atom is 0.411 e. The highest BCUT2D eigenvalue weighted by Gasteiger charge is 2.51. The van der Waals surface area contributed by atoms with Crippen molar-refractivity contribution in [2.24, 2.45) is 11.8 Å². The normalized spacial score (nSPS) is 22.0. The first-order chi connectivity index (χ1) is 16.6. The van der Waals surface area contributed by atoms with Gasteiger partial charge < -0.3 is 19.2 Å². The standard InChI is InChI=1S/C28H54N2O6Si/c1-14-20(17-29-19(2)31)15-22-21(18-34-37(12,13)28(9,10)11)16-23(24(32)35-26(3,4)5)30(22)25(33)36-27(6,7)8/h20-23H,14-18H2,1-13H3,(H,29,31)/t20?,21-,22+,23+/m0/s1. The lowest BCUT2D eigenvalue weighted by atomic mass is 9.89. The van der Waals surface area contributed by atoms with Crippen molar-refractivity contribution in [2.45, 2.75) is 137 Å². The molecule has 2 amide bonds. The van der Waals surface area contributed by atoms with Crippen LogP contribution in [0.2, 0.25) is 18.1 Å². The van der Waals surface area contributed by atoms with Crippen LogP contribution in [0.3, 0.4) is 0 Å². The smallest absolute Gasteiger partial charge is 0.411 e. The zero-order valence-electron chi connectivity index (χ0n) is 25.7. The van der Waals surface area contributed by atoms with E-state index in [1.54, 1.807) is 4.90 Å². The van der Waals surface area contributed by atoms with Gasteiger partial charge in [-0.3, -0.25) is 9.69 Å². The molecule has 1 heterocycles. The van der Waals surface area contributed by atoms with Crippen molar-refractivity contribution in [1.29, 1.82) is 0 Å². The van der Waals surface area contributed by atoms with Crippen LogP contribution in [0.15, 0.2) is 0 Å². The lowest BCUT2D eigenvalue weighted by Crippen LogP contribution is -2.50. The van der Waals surface area contributed by atoms with E-state index in [0.29, 0.717) is 26.0 Å². The fourth-order valence-corrected chi connectivity index (χ4v) is 5.28. The van der Waals surface area contributed by atoms with Crippen molar-refractivity contribution in [3.05, 3.63) is 0 Å². The first kappa shape index (κ1) is 33.4. The topological polar surface area (TPSA) is 94.2 Å². The number of nitrogens with zero attached hydrogens (tertiary/aromatic N) is 1. The third kappa shape index (κ3) is 10.6. The van der Waals surface area contributed by atoms with Crippen LogP contribution in [0.1, 0.15) is 95.4 Å². The molecule has 1 rings (SSSR count). The van der Waals surface area contributed by atoms with E-state index in [1.807, 2.05) is 41.5 Å². The first-order valence-corrected chi connectivity index (χ1v) is 16.6. The molecule has 1 N–H and O–H groups in total. The maximum absolute atomic E-state index is 13.6. The lowest BCUT2D eigenvalue weighted by molar-refractivity contribution is -0.160. The fraction of sp³-hybridized carbons (Fsp3) is 0.893. The van der Waals surface area contributed by atoms with Crippen molar-refractivity contribution in [2.75, 3.05) is 13.2 Å². The predicted molar refractivity (Wildman–Crippen MR) is 150 cm³/mol. The van der Waals surface area contributed by atoms with Crippen LogP contribution in [0.5, 0.6) is 0 Å². The summed E-state index contributed by atoms with van der Waals surface area (Å²) in [6.45, 7) is 26.5. The van der Waals surface area contributed by atoms with E-state index in [9.17, 15) is 14.4 Å². The van der Waals surface area contributed by atoms with Gasteiger partial charge >= 0.3 is 12.1 Å². The summed E-state index contributed by atoms with van der Waals surface area (Å²) in [4.78, 5) is 40.2. The minimum Gasteiger partial charge on any atom is -0.458 e. The van der Waals surface area contributed by atoms with Crippen molar-refractivity contribution < 1.29 is 28.3 Å². The third-order valence-corrected chi connectivity index (χ3v) is 11.8. The summed E-state index contributed by atoms with van der Waals surface area (Å²) >= 11 is 0. The number of hydrogen-bond donors (Lipinski definition) is 1. The Kier molecular flexibility index (Phi) is 11.3. The highest BCUT2D eigenvalue weighted by atomic mass is 28.4. The molecule has 216 valence electrons. The average Bonchev–Trinajstić information content (AvgIpc) is 3.04. The van der Waals surface area contributed by atoms with E-state index in [4.69, 9.17) is 13.9 Å². The molecule has 0 radical (unpaired) electrons. The zero-order valence-corrected chi connectivity index (χ0v) is 26.7. The summed E-state index contributed by atoms with van der Waals surface area (Å²) in [6, 6.07) is -1.04. The number of amides is 2. The number of rotatable bonds is 9. The molecule has 1 unspecified atom stereocenters. The van der Waals surface area contributed by atoms with Crippen molar-refractivity contribution >= 4 is 26.3 Å². The molecule has 1 fully saturated rings. The molecular weight excluding hydrogens is 488 g/mol. The monoisotopic (exact) mass is 542 g/mol. The first-order valence-electron chi connectivity index (χ1n) is 13.7. The van der Waals surface area contributed by atoms with Crippen LogP contribution >= 0.6 is 0 Å². The quantitative estimate of drug-likeness (QED) is 0.288. The van der Waals surface area contributed by atoms with Crippen LogP contribution < -0.4 is 5.32 Å². The van der Waals surface area contributed by atoms with E-state index in [1.165, 1.54) is 6.92 Å². The molecule has 1 saturated heterocycles. The van der Waals surface area contributed by atoms with E-state index in [-0.39, 0.29) is 28.8 Å². The minimum atomic E-state index is -2.06. The molecule has 0 aromatic rings. The Morgan fingerprint density at radius 3 is 1.95 bits per heavy atom. The van der Waals surface area contributed by atoms with E-state index >= 15 is 0 Å². The highest BCUT2D eigenvalue weighted by Crippen LogP contribution is 2.41. The maximum atomic E-state index is 13.6. The third-order valence-electron chi connectivity index (χ3n) is 7.30. The Hall–Kier alpha value is -1.61. The van der Waals surface area contributed by atoms with Gasteiger partial charge in [0, 0.05) is 32.0 Å². The Bertz CT molecular complexity index is 794. The lowest BCUT2D eigenvalue weighted by Gasteiger charge is -2.38. The SMILES string of the molecule is CCC(CNC(C)=O)C[C@@H]1[C@H](CO[Si](C)(C)C(C)(C)C)C[C@H](C(=O)OC(C)(C)C)N1C(=O)OC(C)(C)C. The number of carbonyl (C=O) groups excluding carboxylic acids is 3. The van der Waals surface area contributed by atoms with E-state index in [0.717, 1.165) is 6.42 Å². The van der Waals surface area contributed by atoms with Crippen LogP contribution in [0, 0.1) is 11.8 Å². The van der Waals surface area contributed by atoms with Gasteiger partial charge in [0.2, 0.25) is 5.91 Å². The van der Waals surface area contributed by atoms with Gasteiger partial charge in [-0.15, -0.1) is 0 Å². The molecule has 8 nitrogen and oxygen atoms in total. The second-order valence-electron chi connectivity index (χ2n) is 14.0.